The molecule has 144 valence electrons. The van der Waals surface area contributed by atoms with E-state index in [2.05, 4.69) is 15.6 Å². The average molecular weight is 388 g/mol. The largest absolute Gasteiger partial charge is 0.421 e. The van der Waals surface area contributed by atoms with Gasteiger partial charge in [0.2, 0.25) is 0 Å². The molecule has 1 amide bonds. The summed E-state index contributed by atoms with van der Waals surface area (Å²) in [6.45, 7) is 0.150. The van der Waals surface area contributed by atoms with Gasteiger partial charge in [-0.15, -0.1) is 0 Å². The fourth-order valence-corrected chi connectivity index (χ4v) is 2.43. The minimum atomic E-state index is -1.31. The predicted molar refractivity (Wildman–Crippen MR) is 96.6 cm³/mol. The van der Waals surface area contributed by atoms with Crippen LogP contribution in [-0.4, -0.2) is 20.8 Å². The number of nitrogens with one attached hydrogen (secondary N) is 3. The molecule has 0 aliphatic rings. The quantitative estimate of drug-likeness (QED) is 0.499. The summed E-state index contributed by atoms with van der Waals surface area (Å²) in [7, 11) is 0. The summed E-state index contributed by atoms with van der Waals surface area (Å²) in [6.07, 6.45) is 0. The standard InChI is InChI=1S/C18H14F2N4O4/c19-11-6-7-13(12(20)8-11)22-16(25)14-15(23-18(27)24(28)17(14)26)21-9-10-4-2-1-3-5-10/h1-8,21,28H,9H2,(H,22,25)(H,23,27). The van der Waals surface area contributed by atoms with Crippen molar-refractivity contribution in [2.45, 2.75) is 6.54 Å². The maximum absolute atomic E-state index is 13.8. The van der Waals surface area contributed by atoms with Gasteiger partial charge in [-0.25, -0.2) is 13.6 Å². The number of H-pyrrole nitrogens is 1. The molecular formula is C18H14F2N4O4. The molecule has 0 aliphatic heterocycles. The molecule has 4 N–H and O–H groups in total. The zero-order valence-corrected chi connectivity index (χ0v) is 14.2. The van der Waals surface area contributed by atoms with Gasteiger partial charge in [-0.3, -0.25) is 14.6 Å². The average Bonchev–Trinajstić information content (AvgIpc) is 2.67. The monoisotopic (exact) mass is 388 g/mol. The van der Waals surface area contributed by atoms with Crippen LogP contribution in [0.3, 0.4) is 0 Å². The van der Waals surface area contributed by atoms with Gasteiger partial charge in [-0.2, -0.15) is 0 Å². The van der Waals surface area contributed by atoms with E-state index >= 15 is 0 Å². The first-order chi connectivity index (χ1) is 13.4. The summed E-state index contributed by atoms with van der Waals surface area (Å²) >= 11 is 0. The Kier molecular flexibility index (Phi) is 5.21. The van der Waals surface area contributed by atoms with Gasteiger partial charge < -0.3 is 15.8 Å². The van der Waals surface area contributed by atoms with E-state index in [4.69, 9.17) is 0 Å². The molecular weight excluding hydrogens is 374 g/mol. The van der Waals surface area contributed by atoms with Gasteiger partial charge in [0.05, 0.1) is 5.69 Å². The highest BCUT2D eigenvalue weighted by atomic mass is 19.1. The Bertz CT molecular complexity index is 1140. The lowest BCUT2D eigenvalue weighted by Crippen LogP contribution is -2.39. The first kappa shape index (κ1) is 18.8. The fourth-order valence-electron chi connectivity index (χ4n) is 2.43. The molecule has 0 radical (unpaired) electrons. The van der Waals surface area contributed by atoms with Gasteiger partial charge in [0.1, 0.15) is 23.0 Å². The number of benzene rings is 2. The van der Waals surface area contributed by atoms with Crippen LogP contribution in [0.5, 0.6) is 0 Å². The second kappa shape index (κ2) is 7.74. The number of nitrogens with zero attached hydrogens (tertiary/aromatic N) is 1. The molecule has 0 unspecified atom stereocenters. The number of anilines is 2. The fraction of sp³-hybridized carbons (Fsp3) is 0.0556. The first-order valence-corrected chi connectivity index (χ1v) is 7.99. The molecule has 2 aromatic carbocycles. The van der Waals surface area contributed by atoms with E-state index in [1.165, 1.54) is 0 Å². The molecule has 28 heavy (non-hydrogen) atoms. The Morgan fingerprint density at radius 1 is 1.11 bits per heavy atom. The van der Waals surface area contributed by atoms with E-state index in [-0.39, 0.29) is 22.8 Å². The van der Waals surface area contributed by atoms with Crippen LogP contribution in [0.25, 0.3) is 0 Å². The molecule has 10 heteroatoms. The topological polar surface area (TPSA) is 116 Å². The zero-order chi connectivity index (χ0) is 20.3. The van der Waals surface area contributed by atoms with Crippen LogP contribution in [-0.2, 0) is 6.54 Å². The lowest BCUT2D eigenvalue weighted by molar-refractivity contribution is 0.101. The number of hydrogen-bond acceptors (Lipinski definition) is 5. The Morgan fingerprint density at radius 3 is 2.50 bits per heavy atom. The van der Waals surface area contributed by atoms with E-state index in [0.29, 0.717) is 6.07 Å². The van der Waals surface area contributed by atoms with Crippen LogP contribution < -0.4 is 21.9 Å². The van der Waals surface area contributed by atoms with E-state index in [1.807, 2.05) is 0 Å². The minimum Gasteiger partial charge on any atom is -0.421 e. The van der Waals surface area contributed by atoms with Crippen molar-refractivity contribution < 1.29 is 18.8 Å². The zero-order valence-electron chi connectivity index (χ0n) is 14.2. The third-order valence-electron chi connectivity index (χ3n) is 3.80. The molecule has 0 saturated carbocycles. The van der Waals surface area contributed by atoms with Crippen molar-refractivity contribution in [1.29, 1.82) is 0 Å². The lowest BCUT2D eigenvalue weighted by atomic mass is 10.2. The van der Waals surface area contributed by atoms with Crippen LogP contribution in [0, 0.1) is 11.6 Å². The van der Waals surface area contributed by atoms with Crippen LogP contribution in [0.4, 0.5) is 20.3 Å². The summed E-state index contributed by atoms with van der Waals surface area (Å²) in [5, 5.41) is 14.4. The normalized spacial score (nSPS) is 10.5. The summed E-state index contributed by atoms with van der Waals surface area (Å²) < 4.78 is 26.5. The second-order valence-electron chi connectivity index (χ2n) is 5.71. The van der Waals surface area contributed by atoms with E-state index in [1.54, 1.807) is 30.3 Å². The van der Waals surface area contributed by atoms with Crippen molar-refractivity contribution in [2.75, 3.05) is 10.6 Å². The van der Waals surface area contributed by atoms with Crippen molar-refractivity contribution in [2.24, 2.45) is 0 Å². The molecule has 3 aromatic rings. The maximum atomic E-state index is 13.8. The Morgan fingerprint density at radius 2 is 1.82 bits per heavy atom. The number of amides is 1. The molecule has 1 heterocycles. The lowest BCUT2D eigenvalue weighted by Gasteiger charge is -2.12. The van der Waals surface area contributed by atoms with Gasteiger partial charge in [0.15, 0.2) is 0 Å². The van der Waals surface area contributed by atoms with E-state index in [9.17, 15) is 28.4 Å². The molecule has 8 nitrogen and oxygen atoms in total. The number of carbonyl (C=O) groups excluding carboxylic acids is 1. The van der Waals surface area contributed by atoms with Gasteiger partial charge in [-0.1, -0.05) is 35.1 Å². The van der Waals surface area contributed by atoms with Gasteiger partial charge in [-0.05, 0) is 17.7 Å². The number of aromatic nitrogens is 2. The Hall–Kier alpha value is -3.95. The number of hydrogen-bond donors (Lipinski definition) is 4. The molecule has 0 atom stereocenters. The summed E-state index contributed by atoms with van der Waals surface area (Å²) in [5.74, 6) is -3.27. The highest BCUT2D eigenvalue weighted by Crippen LogP contribution is 2.17. The minimum absolute atomic E-state index is 0.150. The van der Waals surface area contributed by atoms with Crippen LogP contribution in [0.1, 0.15) is 15.9 Å². The van der Waals surface area contributed by atoms with Crippen LogP contribution in [0.15, 0.2) is 58.1 Å². The van der Waals surface area contributed by atoms with Crippen LogP contribution >= 0.6 is 0 Å². The summed E-state index contributed by atoms with van der Waals surface area (Å²) in [4.78, 5) is 38.6. The van der Waals surface area contributed by atoms with Gasteiger partial charge in [0, 0.05) is 12.6 Å². The maximum Gasteiger partial charge on any atom is 0.363 e. The van der Waals surface area contributed by atoms with Crippen molar-refractivity contribution in [3.63, 3.8) is 0 Å². The SMILES string of the molecule is O=C(Nc1ccc(F)cc1F)c1c(NCc2ccccc2)[nH]c(=O)n(O)c1=O. The second-order valence-corrected chi connectivity index (χ2v) is 5.71. The van der Waals surface area contributed by atoms with Crippen molar-refractivity contribution >= 4 is 17.4 Å². The van der Waals surface area contributed by atoms with Crippen molar-refractivity contribution in [3.05, 3.63) is 92.1 Å². The number of carbonyl (C=O) groups is 1. The third-order valence-corrected chi connectivity index (χ3v) is 3.80. The Labute approximate surface area is 156 Å². The van der Waals surface area contributed by atoms with Crippen LogP contribution in [0.2, 0.25) is 0 Å². The molecule has 0 saturated heterocycles. The molecule has 0 bridgehead atoms. The van der Waals surface area contributed by atoms with Gasteiger partial charge in [0.25, 0.3) is 5.91 Å². The van der Waals surface area contributed by atoms with E-state index in [0.717, 1.165) is 17.7 Å². The van der Waals surface area contributed by atoms with Crippen molar-refractivity contribution in [3.8, 4) is 0 Å². The predicted octanol–water partition coefficient (Wildman–Crippen LogP) is 1.92. The molecule has 0 aliphatic carbocycles. The van der Waals surface area contributed by atoms with Crippen molar-refractivity contribution in [1.82, 2.24) is 9.71 Å². The molecule has 0 spiro atoms. The summed E-state index contributed by atoms with van der Waals surface area (Å²) in [6, 6.07) is 11.3. The third kappa shape index (κ3) is 3.90. The molecule has 0 fully saturated rings. The number of rotatable bonds is 5. The number of aromatic amines is 1. The Balaban J connectivity index is 1.96. The summed E-state index contributed by atoms with van der Waals surface area (Å²) in [5.41, 5.74) is -2.71. The molecule has 3 rings (SSSR count). The van der Waals surface area contributed by atoms with E-state index < -0.39 is 34.4 Å². The van der Waals surface area contributed by atoms with Gasteiger partial charge >= 0.3 is 11.2 Å². The first-order valence-electron chi connectivity index (χ1n) is 7.99. The number of halogens is 2. The molecule has 1 aromatic heterocycles. The highest BCUT2D eigenvalue weighted by molar-refractivity contribution is 6.07. The highest BCUT2D eigenvalue weighted by Gasteiger charge is 2.22. The smallest absolute Gasteiger partial charge is 0.363 e.